The van der Waals surface area contributed by atoms with Crippen LogP contribution in [0.15, 0.2) is 0 Å². The van der Waals surface area contributed by atoms with Crippen LogP contribution in [0.2, 0.25) is 0 Å². The number of hydrogen-bond donors (Lipinski definition) is 1. The summed E-state index contributed by atoms with van der Waals surface area (Å²) in [7, 11) is -2.86. The molecule has 0 aromatic heterocycles. The van der Waals surface area contributed by atoms with E-state index in [1.54, 1.807) is 11.8 Å². The molecule has 1 atom stereocenters. The highest BCUT2D eigenvalue weighted by Gasteiger charge is 2.21. The molecule has 0 spiro atoms. The van der Waals surface area contributed by atoms with Gasteiger partial charge in [0.25, 0.3) is 0 Å². The molecular formula is C11H22N2O2S2. The maximum atomic E-state index is 10.9. The molecule has 0 aliphatic rings. The van der Waals surface area contributed by atoms with Gasteiger partial charge >= 0.3 is 0 Å². The first-order chi connectivity index (χ1) is 7.83. The van der Waals surface area contributed by atoms with Crippen LogP contribution >= 0.6 is 11.8 Å². The zero-order valence-electron chi connectivity index (χ0n) is 10.8. The molecule has 4 nitrogen and oxygen atoms in total. The van der Waals surface area contributed by atoms with Crippen LogP contribution in [0.4, 0.5) is 0 Å². The monoisotopic (exact) mass is 278 g/mol. The van der Waals surface area contributed by atoms with Crippen LogP contribution in [-0.2, 0) is 9.84 Å². The lowest BCUT2D eigenvalue weighted by atomic mass is 10.0. The lowest BCUT2D eigenvalue weighted by Crippen LogP contribution is -2.41. The van der Waals surface area contributed by atoms with E-state index in [1.807, 2.05) is 6.92 Å². The molecule has 0 fully saturated rings. The minimum Gasteiger partial charge on any atom is -0.300 e. The molecule has 0 aliphatic heterocycles. The average molecular weight is 278 g/mol. The summed E-state index contributed by atoms with van der Waals surface area (Å²) in [5.74, 6) is 1.62. The Morgan fingerprint density at radius 2 is 2.06 bits per heavy atom. The Bertz CT molecular complexity index is 349. The van der Waals surface area contributed by atoms with Crippen molar-refractivity contribution in [2.45, 2.75) is 32.2 Å². The molecule has 0 rings (SSSR count). The fourth-order valence-corrected chi connectivity index (χ4v) is 3.61. The van der Waals surface area contributed by atoms with Gasteiger partial charge in [0, 0.05) is 12.0 Å². The van der Waals surface area contributed by atoms with Crippen LogP contribution in [0.3, 0.4) is 0 Å². The molecule has 17 heavy (non-hydrogen) atoms. The average Bonchev–Trinajstić information content (AvgIpc) is 2.24. The van der Waals surface area contributed by atoms with E-state index in [4.69, 9.17) is 5.26 Å². The second kappa shape index (κ2) is 7.96. The number of nitrogens with one attached hydrogen (secondary N) is 1. The SMILES string of the molecule is CCCNC(C)(C#N)CCSCCS(C)(=O)=O. The normalized spacial score (nSPS) is 15.2. The van der Waals surface area contributed by atoms with Crippen molar-refractivity contribution in [2.75, 3.05) is 30.1 Å². The van der Waals surface area contributed by atoms with Crippen LogP contribution in [0.5, 0.6) is 0 Å². The highest BCUT2D eigenvalue weighted by atomic mass is 32.2. The van der Waals surface area contributed by atoms with E-state index in [9.17, 15) is 8.42 Å². The predicted octanol–water partition coefficient (Wildman–Crippen LogP) is 1.44. The van der Waals surface area contributed by atoms with E-state index in [0.29, 0.717) is 5.75 Å². The van der Waals surface area contributed by atoms with Gasteiger partial charge < -0.3 is 0 Å². The lowest BCUT2D eigenvalue weighted by molar-refractivity contribution is 0.437. The lowest BCUT2D eigenvalue weighted by Gasteiger charge is -2.22. The number of hydrogen-bond acceptors (Lipinski definition) is 5. The Kier molecular flexibility index (Phi) is 7.84. The van der Waals surface area contributed by atoms with E-state index in [0.717, 1.165) is 25.1 Å². The molecule has 0 aliphatic carbocycles. The van der Waals surface area contributed by atoms with Gasteiger partial charge in [0.15, 0.2) is 0 Å². The summed E-state index contributed by atoms with van der Waals surface area (Å²) < 4.78 is 21.8. The molecule has 0 heterocycles. The molecule has 0 aromatic carbocycles. The minimum atomic E-state index is -2.86. The first kappa shape index (κ1) is 16.8. The number of rotatable bonds is 9. The Morgan fingerprint density at radius 3 is 2.53 bits per heavy atom. The fraction of sp³-hybridized carbons (Fsp3) is 0.909. The number of nitrogens with zero attached hydrogens (tertiary/aromatic N) is 1. The van der Waals surface area contributed by atoms with Crippen molar-refractivity contribution >= 4 is 21.6 Å². The topological polar surface area (TPSA) is 70.0 Å². The molecule has 0 bridgehead atoms. The van der Waals surface area contributed by atoms with Gasteiger partial charge in [-0.3, -0.25) is 5.32 Å². The Hall–Kier alpha value is -0.250. The summed E-state index contributed by atoms with van der Waals surface area (Å²) in [5, 5.41) is 12.3. The van der Waals surface area contributed by atoms with Crippen LogP contribution in [0.25, 0.3) is 0 Å². The van der Waals surface area contributed by atoms with Crippen molar-refractivity contribution in [1.82, 2.24) is 5.32 Å². The smallest absolute Gasteiger partial charge is 0.148 e. The zero-order chi connectivity index (χ0) is 13.4. The maximum absolute atomic E-state index is 10.9. The third kappa shape index (κ3) is 9.45. The van der Waals surface area contributed by atoms with Gasteiger partial charge in [-0.2, -0.15) is 17.0 Å². The fourth-order valence-electron chi connectivity index (χ4n) is 1.17. The molecule has 1 N–H and O–H groups in total. The second-order valence-electron chi connectivity index (χ2n) is 4.36. The molecule has 0 amide bonds. The summed E-state index contributed by atoms with van der Waals surface area (Å²) >= 11 is 1.59. The molecule has 6 heteroatoms. The van der Waals surface area contributed by atoms with Crippen LogP contribution < -0.4 is 5.32 Å². The van der Waals surface area contributed by atoms with Crippen LogP contribution in [-0.4, -0.2) is 44.0 Å². The van der Waals surface area contributed by atoms with Crippen molar-refractivity contribution in [2.24, 2.45) is 0 Å². The van der Waals surface area contributed by atoms with Crippen molar-refractivity contribution in [3.63, 3.8) is 0 Å². The van der Waals surface area contributed by atoms with Gasteiger partial charge in [0.1, 0.15) is 15.4 Å². The molecule has 1 unspecified atom stereocenters. The summed E-state index contributed by atoms with van der Waals surface area (Å²) in [6, 6.07) is 2.28. The largest absolute Gasteiger partial charge is 0.300 e. The number of thioether (sulfide) groups is 1. The van der Waals surface area contributed by atoms with Crippen molar-refractivity contribution in [3.05, 3.63) is 0 Å². The zero-order valence-corrected chi connectivity index (χ0v) is 12.5. The molecular weight excluding hydrogens is 256 g/mol. The summed E-state index contributed by atoms with van der Waals surface area (Å²) in [6.45, 7) is 4.78. The maximum Gasteiger partial charge on any atom is 0.148 e. The van der Waals surface area contributed by atoms with Gasteiger partial charge in [-0.1, -0.05) is 6.92 Å². The predicted molar refractivity (Wildman–Crippen MR) is 74.0 cm³/mol. The van der Waals surface area contributed by atoms with Gasteiger partial charge in [-0.05, 0) is 32.1 Å². The Morgan fingerprint density at radius 1 is 1.41 bits per heavy atom. The van der Waals surface area contributed by atoms with Crippen LogP contribution in [0, 0.1) is 11.3 Å². The second-order valence-corrected chi connectivity index (χ2v) is 7.85. The molecule has 0 saturated carbocycles. The summed E-state index contributed by atoms with van der Waals surface area (Å²) in [5.41, 5.74) is -0.492. The van der Waals surface area contributed by atoms with Crippen molar-refractivity contribution in [3.8, 4) is 6.07 Å². The molecule has 0 saturated heterocycles. The van der Waals surface area contributed by atoms with E-state index in [1.165, 1.54) is 6.26 Å². The molecule has 0 aromatic rings. The van der Waals surface area contributed by atoms with E-state index >= 15 is 0 Å². The van der Waals surface area contributed by atoms with Gasteiger partial charge in [-0.25, -0.2) is 8.42 Å². The van der Waals surface area contributed by atoms with Gasteiger partial charge in [0.2, 0.25) is 0 Å². The standard InChI is InChI=1S/C11H22N2O2S2/c1-4-6-13-11(2,10-12)5-7-16-8-9-17(3,14)15/h13H,4-9H2,1-3H3. The summed E-state index contributed by atoms with van der Waals surface area (Å²) in [4.78, 5) is 0. The third-order valence-corrected chi connectivity index (χ3v) is 4.55. The summed E-state index contributed by atoms with van der Waals surface area (Å²) in [6.07, 6.45) is 2.98. The quantitative estimate of drug-likeness (QED) is 0.646. The van der Waals surface area contributed by atoms with E-state index in [-0.39, 0.29) is 5.75 Å². The van der Waals surface area contributed by atoms with E-state index in [2.05, 4.69) is 18.3 Å². The first-order valence-corrected chi connectivity index (χ1v) is 8.96. The number of nitriles is 1. The van der Waals surface area contributed by atoms with Crippen LogP contribution in [0.1, 0.15) is 26.7 Å². The minimum absolute atomic E-state index is 0.212. The van der Waals surface area contributed by atoms with Gasteiger partial charge in [0.05, 0.1) is 11.8 Å². The Labute approximate surface area is 109 Å². The highest BCUT2D eigenvalue weighted by molar-refractivity contribution is 8.00. The Balaban J connectivity index is 3.81. The van der Waals surface area contributed by atoms with Crippen molar-refractivity contribution < 1.29 is 8.42 Å². The van der Waals surface area contributed by atoms with E-state index < -0.39 is 15.4 Å². The third-order valence-electron chi connectivity index (χ3n) is 2.36. The highest BCUT2D eigenvalue weighted by Crippen LogP contribution is 2.13. The molecule has 0 radical (unpaired) electrons. The number of sulfone groups is 1. The van der Waals surface area contributed by atoms with Crippen molar-refractivity contribution in [1.29, 1.82) is 5.26 Å². The first-order valence-electron chi connectivity index (χ1n) is 5.75. The van der Waals surface area contributed by atoms with Gasteiger partial charge in [-0.15, -0.1) is 0 Å². The molecule has 100 valence electrons.